The number of aliphatic imine (C=N–C) groups is 2. The van der Waals surface area contributed by atoms with Gasteiger partial charge in [-0.1, -0.05) is 13.0 Å². The summed E-state index contributed by atoms with van der Waals surface area (Å²) in [7, 11) is -3.51. The van der Waals surface area contributed by atoms with Gasteiger partial charge in [0.2, 0.25) is 10.0 Å². The molecule has 0 unspecified atom stereocenters. The molecule has 2 aromatic rings. The number of hydrogen-bond donors (Lipinski definition) is 2. The first-order valence-corrected chi connectivity index (χ1v) is 11.3. The molecule has 4 rings (SSSR count). The van der Waals surface area contributed by atoms with Gasteiger partial charge in [-0.2, -0.15) is 5.26 Å². The second-order valence-corrected chi connectivity index (χ2v) is 8.81. The average molecular weight is 424 g/mol. The minimum absolute atomic E-state index is 0.0129. The molecule has 0 radical (unpaired) electrons. The zero-order chi connectivity index (χ0) is 21.1. The van der Waals surface area contributed by atoms with Crippen LogP contribution in [-0.2, 0) is 10.0 Å². The van der Waals surface area contributed by atoms with E-state index >= 15 is 0 Å². The van der Waals surface area contributed by atoms with E-state index in [1.54, 1.807) is 37.7 Å². The number of benzene rings is 1. The lowest BCUT2D eigenvalue weighted by Crippen LogP contribution is -2.37. The summed E-state index contributed by atoms with van der Waals surface area (Å²) < 4.78 is 26.8. The van der Waals surface area contributed by atoms with E-state index in [4.69, 9.17) is 0 Å². The molecule has 2 aliphatic rings. The standard InChI is InChI=1S/C20H21N7O2S/c1-2-9-30(28,29)26-17-6-3-5-16(15(17)11-21)25-19-10-14-18(12-23-19)24-13-27-8-4-7-22-20(14)27/h3,5-6,10,12-13,26H,2,4,7-9H2,1H3,(H,23,25). The molecule has 0 saturated carbocycles. The van der Waals surface area contributed by atoms with Gasteiger partial charge < -0.3 is 10.2 Å². The van der Waals surface area contributed by atoms with E-state index in [0.717, 1.165) is 36.6 Å². The molecule has 0 saturated heterocycles. The third-order valence-electron chi connectivity index (χ3n) is 4.73. The van der Waals surface area contributed by atoms with Crippen LogP contribution >= 0.6 is 0 Å². The van der Waals surface area contributed by atoms with Gasteiger partial charge in [-0.3, -0.25) is 9.71 Å². The Hall–Kier alpha value is -3.45. The Bertz CT molecular complexity index is 1180. The summed E-state index contributed by atoms with van der Waals surface area (Å²) in [6.45, 7) is 3.42. The van der Waals surface area contributed by atoms with Crippen molar-refractivity contribution in [3.8, 4) is 6.07 Å². The van der Waals surface area contributed by atoms with E-state index in [9.17, 15) is 13.7 Å². The lowest BCUT2D eigenvalue weighted by Gasteiger charge is -2.29. The molecule has 0 fully saturated rings. The molecular weight excluding hydrogens is 402 g/mol. The zero-order valence-corrected chi connectivity index (χ0v) is 17.3. The van der Waals surface area contributed by atoms with E-state index in [0.29, 0.717) is 17.9 Å². The minimum Gasteiger partial charge on any atom is -0.339 e. The zero-order valence-electron chi connectivity index (χ0n) is 16.5. The highest BCUT2D eigenvalue weighted by molar-refractivity contribution is 7.92. The van der Waals surface area contributed by atoms with Gasteiger partial charge in [0.25, 0.3) is 0 Å². The predicted octanol–water partition coefficient (Wildman–Crippen LogP) is 2.97. The number of sulfonamides is 1. The fourth-order valence-corrected chi connectivity index (χ4v) is 4.54. The highest BCUT2D eigenvalue weighted by Crippen LogP contribution is 2.31. The van der Waals surface area contributed by atoms with Crippen LogP contribution in [-0.4, -0.2) is 49.3 Å². The lowest BCUT2D eigenvalue weighted by molar-refractivity contribution is 0.558. The molecule has 1 aromatic carbocycles. The largest absolute Gasteiger partial charge is 0.339 e. The van der Waals surface area contributed by atoms with Crippen molar-refractivity contribution in [2.75, 3.05) is 28.9 Å². The number of anilines is 3. The Morgan fingerprint density at radius 1 is 1.30 bits per heavy atom. The molecule has 30 heavy (non-hydrogen) atoms. The molecular formula is C20H21N7O2S. The summed E-state index contributed by atoms with van der Waals surface area (Å²) in [5.41, 5.74) is 2.50. The molecule has 9 nitrogen and oxygen atoms in total. The van der Waals surface area contributed by atoms with Gasteiger partial charge in [0.1, 0.15) is 17.7 Å². The topological polar surface area (TPSA) is 123 Å². The highest BCUT2D eigenvalue weighted by Gasteiger charge is 2.23. The van der Waals surface area contributed by atoms with Crippen molar-refractivity contribution in [1.29, 1.82) is 5.26 Å². The Balaban J connectivity index is 1.66. The van der Waals surface area contributed by atoms with Gasteiger partial charge in [-0.05, 0) is 31.0 Å². The number of aromatic nitrogens is 1. The normalized spacial score (nSPS) is 14.9. The van der Waals surface area contributed by atoms with Gasteiger partial charge in [0, 0.05) is 18.7 Å². The Morgan fingerprint density at radius 3 is 2.93 bits per heavy atom. The van der Waals surface area contributed by atoms with Crippen molar-refractivity contribution < 1.29 is 8.42 Å². The highest BCUT2D eigenvalue weighted by atomic mass is 32.2. The minimum atomic E-state index is -3.51. The Morgan fingerprint density at radius 2 is 2.13 bits per heavy atom. The molecule has 0 amide bonds. The second-order valence-electron chi connectivity index (χ2n) is 6.97. The van der Waals surface area contributed by atoms with Crippen LogP contribution in [0.1, 0.15) is 30.9 Å². The van der Waals surface area contributed by atoms with Crippen LogP contribution in [0.4, 0.5) is 22.9 Å². The van der Waals surface area contributed by atoms with Crippen LogP contribution < -0.4 is 10.0 Å². The average Bonchev–Trinajstić information content (AvgIpc) is 2.73. The van der Waals surface area contributed by atoms with Crippen molar-refractivity contribution >= 4 is 45.1 Å². The molecule has 0 spiro atoms. The van der Waals surface area contributed by atoms with E-state index in [1.807, 2.05) is 11.0 Å². The maximum absolute atomic E-state index is 12.1. The van der Waals surface area contributed by atoms with Crippen molar-refractivity contribution in [2.24, 2.45) is 9.98 Å². The van der Waals surface area contributed by atoms with Crippen LogP contribution in [0.25, 0.3) is 0 Å². The number of nitrogens with one attached hydrogen (secondary N) is 2. The Kier molecular flexibility index (Phi) is 5.37. The number of nitriles is 1. The van der Waals surface area contributed by atoms with Gasteiger partial charge in [0.15, 0.2) is 0 Å². The first kappa shape index (κ1) is 19.8. The van der Waals surface area contributed by atoms with Crippen LogP contribution in [0.3, 0.4) is 0 Å². The first-order chi connectivity index (χ1) is 14.5. The summed E-state index contributed by atoms with van der Waals surface area (Å²) in [5.74, 6) is 1.36. The van der Waals surface area contributed by atoms with E-state index in [2.05, 4.69) is 31.1 Å². The molecule has 0 bridgehead atoms. The lowest BCUT2D eigenvalue weighted by atomic mass is 10.1. The fourth-order valence-electron chi connectivity index (χ4n) is 3.39. The van der Waals surface area contributed by atoms with Crippen LogP contribution in [0.15, 0.2) is 40.4 Å². The molecule has 154 valence electrons. The molecule has 2 aliphatic heterocycles. The second kappa shape index (κ2) is 8.12. The summed E-state index contributed by atoms with van der Waals surface area (Å²) in [5, 5.41) is 12.8. The number of nitrogens with zero attached hydrogens (tertiary/aromatic N) is 5. The Labute approximate surface area is 175 Å². The quantitative estimate of drug-likeness (QED) is 0.736. The van der Waals surface area contributed by atoms with Gasteiger partial charge in [-0.15, -0.1) is 0 Å². The van der Waals surface area contributed by atoms with Gasteiger partial charge >= 0.3 is 0 Å². The van der Waals surface area contributed by atoms with Gasteiger partial charge in [0.05, 0.1) is 40.9 Å². The van der Waals surface area contributed by atoms with Crippen LogP contribution in [0.2, 0.25) is 0 Å². The third kappa shape index (κ3) is 3.97. The van der Waals surface area contributed by atoms with Crippen molar-refractivity contribution in [3.05, 3.63) is 41.6 Å². The smallest absolute Gasteiger partial charge is 0.232 e. The number of amidine groups is 1. The molecule has 10 heteroatoms. The van der Waals surface area contributed by atoms with Crippen molar-refractivity contribution in [2.45, 2.75) is 19.8 Å². The fraction of sp³-hybridized carbons (Fsp3) is 0.300. The summed E-state index contributed by atoms with van der Waals surface area (Å²) >= 11 is 0. The molecule has 0 atom stereocenters. The van der Waals surface area contributed by atoms with Crippen molar-refractivity contribution in [1.82, 2.24) is 9.88 Å². The summed E-state index contributed by atoms with van der Waals surface area (Å²) in [4.78, 5) is 15.4. The first-order valence-electron chi connectivity index (χ1n) is 9.67. The number of fused-ring (bicyclic) bond motifs is 3. The maximum atomic E-state index is 12.1. The van der Waals surface area contributed by atoms with E-state index < -0.39 is 10.0 Å². The molecule has 0 aliphatic carbocycles. The monoisotopic (exact) mass is 423 g/mol. The summed E-state index contributed by atoms with van der Waals surface area (Å²) in [6, 6.07) is 8.89. The van der Waals surface area contributed by atoms with Crippen molar-refractivity contribution in [3.63, 3.8) is 0 Å². The number of pyridine rings is 1. The van der Waals surface area contributed by atoms with Crippen LogP contribution in [0.5, 0.6) is 0 Å². The molecule has 3 heterocycles. The summed E-state index contributed by atoms with van der Waals surface area (Å²) in [6.07, 6.45) is 4.89. The molecule has 2 N–H and O–H groups in total. The van der Waals surface area contributed by atoms with Gasteiger partial charge in [-0.25, -0.2) is 18.4 Å². The van der Waals surface area contributed by atoms with E-state index in [-0.39, 0.29) is 17.0 Å². The third-order valence-corrected chi connectivity index (χ3v) is 6.20. The van der Waals surface area contributed by atoms with Crippen LogP contribution in [0, 0.1) is 11.3 Å². The maximum Gasteiger partial charge on any atom is 0.232 e. The SMILES string of the molecule is CCCS(=O)(=O)Nc1cccc(Nc2cc3c(cn2)N=CN2CCCN=C32)c1C#N. The number of hydrogen-bond acceptors (Lipinski definition) is 8. The predicted molar refractivity (Wildman–Crippen MR) is 117 cm³/mol. The molecule has 1 aromatic heterocycles. The van der Waals surface area contributed by atoms with E-state index in [1.165, 1.54) is 0 Å². The number of rotatable bonds is 6.